The lowest BCUT2D eigenvalue weighted by atomic mass is 10.3. The molecule has 1 aromatic heterocycles. The molecule has 0 aliphatic heterocycles. The van der Waals surface area contributed by atoms with Crippen LogP contribution in [0.15, 0.2) is 53.4 Å². The van der Waals surface area contributed by atoms with Gasteiger partial charge in [-0.25, -0.2) is 17.8 Å². The van der Waals surface area contributed by atoms with Crippen LogP contribution in [0.5, 0.6) is 0 Å². The molecule has 0 saturated heterocycles. The normalized spacial score (nSPS) is 11.9. The van der Waals surface area contributed by atoms with Crippen molar-refractivity contribution in [1.82, 2.24) is 9.88 Å². The van der Waals surface area contributed by atoms with Crippen LogP contribution < -0.4 is 4.90 Å². The number of carbonyl (C=O) groups is 1. The summed E-state index contributed by atoms with van der Waals surface area (Å²) < 4.78 is 39.2. The highest BCUT2D eigenvalue weighted by Crippen LogP contribution is 2.30. The first kappa shape index (κ1) is 23.3. The largest absolute Gasteiger partial charge is 0.309 e. The van der Waals surface area contributed by atoms with Gasteiger partial charge < -0.3 is 4.90 Å². The van der Waals surface area contributed by atoms with E-state index >= 15 is 0 Å². The third-order valence-corrected chi connectivity index (χ3v) is 7.62. The topological polar surface area (TPSA) is 70.6 Å². The van der Waals surface area contributed by atoms with E-state index in [1.807, 2.05) is 19.0 Å². The lowest BCUT2D eigenvalue weighted by Crippen LogP contribution is -2.33. The van der Waals surface area contributed by atoms with E-state index in [2.05, 4.69) is 4.98 Å². The number of rotatable bonds is 10. The highest BCUT2D eigenvalue weighted by molar-refractivity contribution is 7.91. The summed E-state index contributed by atoms with van der Waals surface area (Å²) in [7, 11) is 0.487. The Morgan fingerprint density at radius 3 is 2.52 bits per heavy atom. The number of hydrogen-bond donors (Lipinski definition) is 0. The molecule has 0 radical (unpaired) electrons. The molecular weight excluding hydrogens is 437 g/mol. The molecule has 0 unspecified atom stereocenters. The summed E-state index contributed by atoms with van der Waals surface area (Å²) in [5, 5.41) is 0.510. The molecule has 0 saturated carbocycles. The zero-order valence-electron chi connectivity index (χ0n) is 17.6. The Bertz CT molecular complexity index is 1130. The van der Waals surface area contributed by atoms with Gasteiger partial charge in [0.2, 0.25) is 5.91 Å². The molecule has 0 bridgehead atoms. The zero-order valence-corrected chi connectivity index (χ0v) is 19.3. The molecule has 1 heterocycles. The fourth-order valence-corrected chi connectivity index (χ4v) is 5.53. The zero-order chi connectivity index (χ0) is 22.4. The molecule has 0 aliphatic rings. The Morgan fingerprint density at radius 1 is 1.06 bits per heavy atom. The summed E-state index contributed by atoms with van der Waals surface area (Å²) in [6, 6.07) is 12.6. The number of benzene rings is 2. The Labute approximate surface area is 186 Å². The van der Waals surface area contributed by atoms with E-state index in [0.717, 1.165) is 13.0 Å². The number of sulfone groups is 1. The highest BCUT2D eigenvalue weighted by atomic mass is 32.2. The molecule has 0 spiro atoms. The van der Waals surface area contributed by atoms with E-state index in [-0.39, 0.29) is 35.2 Å². The highest BCUT2D eigenvalue weighted by Gasteiger charge is 2.21. The molecule has 0 fully saturated rings. The first-order valence-electron chi connectivity index (χ1n) is 10.1. The van der Waals surface area contributed by atoms with Gasteiger partial charge in [-0.15, -0.1) is 0 Å². The molecule has 0 N–H and O–H groups in total. The number of anilines is 1. The van der Waals surface area contributed by atoms with Crippen molar-refractivity contribution < 1.29 is 17.6 Å². The smallest absolute Gasteiger partial charge is 0.228 e. The van der Waals surface area contributed by atoms with Gasteiger partial charge >= 0.3 is 0 Å². The maximum absolute atomic E-state index is 13.6. The molecular formula is C22H26FN3O3S2. The lowest BCUT2D eigenvalue weighted by molar-refractivity contribution is -0.118. The van der Waals surface area contributed by atoms with Crippen molar-refractivity contribution in [2.24, 2.45) is 0 Å². The number of thiazole rings is 1. The fraction of sp³-hybridized carbons (Fsp3) is 0.364. The molecule has 166 valence electrons. The minimum Gasteiger partial charge on any atom is -0.309 e. The lowest BCUT2D eigenvalue weighted by Gasteiger charge is -2.21. The minimum absolute atomic E-state index is 0.0955. The fourth-order valence-electron chi connectivity index (χ4n) is 3.17. The molecule has 2 aromatic carbocycles. The van der Waals surface area contributed by atoms with Crippen molar-refractivity contribution in [1.29, 1.82) is 0 Å². The van der Waals surface area contributed by atoms with E-state index in [1.54, 1.807) is 41.3 Å². The van der Waals surface area contributed by atoms with Crippen LogP contribution in [0.2, 0.25) is 0 Å². The SMILES string of the molecule is CN(C)CCCN(C(=O)CCCS(=O)(=O)c1ccccc1)c1nc2ccc(F)cc2s1. The van der Waals surface area contributed by atoms with Crippen LogP contribution in [0.3, 0.4) is 0 Å². The third kappa shape index (κ3) is 6.32. The van der Waals surface area contributed by atoms with Crippen LogP contribution in [-0.4, -0.2) is 57.1 Å². The maximum Gasteiger partial charge on any atom is 0.228 e. The van der Waals surface area contributed by atoms with Crippen LogP contribution in [0, 0.1) is 5.82 Å². The second-order valence-electron chi connectivity index (χ2n) is 7.55. The first-order valence-corrected chi connectivity index (χ1v) is 12.5. The van der Waals surface area contributed by atoms with Crippen molar-refractivity contribution in [3.63, 3.8) is 0 Å². The Morgan fingerprint density at radius 2 is 1.81 bits per heavy atom. The van der Waals surface area contributed by atoms with Gasteiger partial charge in [-0.3, -0.25) is 9.69 Å². The number of aromatic nitrogens is 1. The third-order valence-electron chi connectivity index (χ3n) is 4.76. The quantitative estimate of drug-likeness (QED) is 0.455. The molecule has 0 atom stereocenters. The predicted molar refractivity (Wildman–Crippen MR) is 123 cm³/mol. The first-order chi connectivity index (χ1) is 14.8. The van der Waals surface area contributed by atoms with Crippen molar-refractivity contribution in [2.75, 3.05) is 37.8 Å². The van der Waals surface area contributed by atoms with Gasteiger partial charge in [-0.1, -0.05) is 29.5 Å². The Hall–Kier alpha value is -2.36. The number of carbonyl (C=O) groups excluding carboxylic acids is 1. The number of nitrogens with zero attached hydrogens (tertiary/aromatic N) is 3. The van der Waals surface area contributed by atoms with E-state index in [1.165, 1.54) is 23.5 Å². The van der Waals surface area contributed by atoms with Gasteiger partial charge in [0.05, 0.1) is 20.9 Å². The minimum atomic E-state index is -3.43. The van der Waals surface area contributed by atoms with Crippen LogP contribution >= 0.6 is 11.3 Å². The summed E-state index contributed by atoms with van der Waals surface area (Å²) >= 11 is 1.26. The van der Waals surface area contributed by atoms with Crippen LogP contribution in [0.25, 0.3) is 10.2 Å². The van der Waals surface area contributed by atoms with Crippen molar-refractivity contribution in [3.8, 4) is 0 Å². The molecule has 1 amide bonds. The molecule has 3 aromatic rings. The van der Waals surface area contributed by atoms with Gasteiger partial charge in [0.15, 0.2) is 15.0 Å². The van der Waals surface area contributed by atoms with Gasteiger partial charge in [-0.05, 0) is 63.8 Å². The summed E-state index contributed by atoms with van der Waals surface area (Å²) in [5.41, 5.74) is 0.637. The van der Waals surface area contributed by atoms with E-state index in [4.69, 9.17) is 0 Å². The Kier molecular flexibility index (Phi) is 7.74. The summed E-state index contributed by atoms with van der Waals surface area (Å²) in [6.07, 6.45) is 1.06. The van der Waals surface area contributed by atoms with Crippen molar-refractivity contribution in [2.45, 2.75) is 24.2 Å². The van der Waals surface area contributed by atoms with E-state index in [9.17, 15) is 17.6 Å². The second-order valence-corrected chi connectivity index (χ2v) is 10.7. The monoisotopic (exact) mass is 463 g/mol. The predicted octanol–water partition coefficient (Wildman–Crippen LogP) is 3.97. The number of amides is 1. The van der Waals surface area contributed by atoms with Gasteiger partial charge in [0.1, 0.15) is 5.82 Å². The van der Waals surface area contributed by atoms with Gasteiger partial charge in [0.25, 0.3) is 0 Å². The molecule has 3 rings (SSSR count). The summed E-state index contributed by atoms with van der Waals surface area (Å²) in [4.78, 5) is 21.4. The molecule has 6 nitrogen and oxygen atoms in total. The molecule has 0 aliphatic carbocycles. The average Bonchev–Trinajstić information content (AvgIpc) is 3.14. The van der Waals surface area contributed by atoms with Crippen LogP contribution in [-0.2, 0) is 14.6 Å². The maximum atomic E-state index is 13.6. The second kappa shape index (κ2) is 10.3. The van der Waals surface area contributed by atoms with Crippen LogP contribution in [0.4, 0.5) is 9.52 Å². The summed E-state index contributed by atoms with van der Waals surface area (Å²) in [5.74, 6) is -0.625. The van der Waals surface area contributed by atoms with E-state index in [0.29, 0.717) is 21.9 Å². The van der Waals surface area contributed by atoms with Crippen molar-refractivity contribution >= 4 is 42.4 Å². The number of halogens is 1. The summed E-state index contributed by atoms with van der Waals surface area (Å²) in [6.45, 7) is 1.26. The molecule has 9 heteroatoms. The van der Waals surface area contributed by atoms with Crippen molar-refractivity contribution in [3.05, 3.63) is 54.3 Å². The van der Waals surface area contributed by atoms with Gasteiger partial charge in [0, 0.05) is 13.0 Å². The van der Waals surface area contributed by atoms with Gasteiger partial charge in [-0.2, -0.15) is 0 Å². The van der Waals surface area contributed by atoms with E-state index < -0.39 is 9.84 Å². The van der Waals surface area contributed by atoms with Crippen LogP contribution in [0.1, 0.15) is 19.3 Å². The number of fused-ring (bicyclic) bond motifs is 1. The molecule has 31 heavy (non-hydrogen) atoms. The standard InChI is InChI=1S/C22H26FN3O3S2/c1-25(2)13-7-14-26(22-24-19-12-11-17(23)16-20(19)30-22)21(27)10-6-15-31(28,29)18-8-4-3-5-9-18/h3-5,8-9,11-12,16H,6-7,10,13-15H2,1-2H3. The number of hydrogen-bond acceptors (Lipinski definition) is 6. The Balaban J connectivity index is 1.71. The average molecular weight is 464 g/mol.